The lowest BCUT2D eigenvalue weighted by Crippen LogP contribution is -2.29. The Labute approximate surface area is 126 Å². The lowest BCUT2D eigenvalue weighted by Gasteiger charge is -2.23. The summed E-state index contributed by atoms with van der Waals surface area (Å²) in [6, 6.07) is 0. The SMILES string of the molecule is O=c1c(Br)c(NCC2CCCCO2)cnn1CC1CC1. The molecule has 0 aromatic carbocycles. The van der Waals surface area contributed by atoms with Crippen LogP contribution in [0.15, 0.2) is 15.5 Å². The van der Waals surface area contributed by atoms with Gasteiger partial charge in [0.1, 0.15) is 4.47 Å². The summed E-state index contributed by atoms with van der Waals surface area (Å²) in [7, 11) is 0. The molecule has 0 radical (unpaired) electrons. The molecule has 0 bridgehead atoms. The molecule has 20 heavy (non-hydrogen) atoms. The summed E-state index contributed by atoms with van der Waals surface area (Å²) in [4.78, 5) is 12.2. The van der Waals surface area contributed by atoms with E-state index in [2.05, 4.69) is 26.3 Å². The first-order valence-electron chi connectivity index (χ1n) is 7.35. The lowest BCUT2D eigenvalue weighted by molar-refractivity contribution is 0.0247. The minimum Gasteiger partial charge on any atom is -0.380 e. The third-order valence-corrected chi connectivity index (χ3v) is 4.67. The van der Waals surface area contributed by atoms with Crippen LogP contribution in [0.2, 0.25) is 0 Å². The highest BCUT2D eigenvalue weighted by molar-refractivity contribution is 9.10. The van der Waals surface area contributed by atoms with Gasteiger partial charge < -0.3 is 10.1 Å². The standard InChI is InChI=1S/C14H20BrN3O2/c15-13-12(16-7-11-3-1-2-6-20-11)8-17-18(14(13)19)9-10-4-5-10/h8,10-11,16H,1-7,9H2. The summed E-state index contributed by atoms with van der Waals surface area (Å²) in [5.41, 5.74) is 0.711. The molecule has 1 unspecified atom stereocenters. The van der Waals surface area contributed by atoms with Crippen molar-refractivity contribution in [2.75, 3.05) is 18.5 Å². The molecule has 2 heterocycles. The van der Waals surface area contributed by atoms with Crippen molar-refractivity contribution in [1.82, 2.24) is 9.78 Å². The average Bonchev–Trinajstić information content (AvgIpc) is 3.28. The Bertz CT molecular complexity index is 522. The summed E-state index contributed by atoms with van der Waals surface area (Å²) >= 11 is 3.39. The zero-order valence-electron chi connectivity index (χ0n) is 11.5. The largest absolute Gasteiger partial charge is 0.380 e. The molecule has 1 saturated heterocycles. The van der Waals surface area contributed by atoms with Crippen molar-refractivity contribution in [2.45, 2.75) is 44.8 Å². The van der Waals surface area contributed by atoms with E-state index in [0.29, 0.717) is 10.4 Å². The Morgan fingerprint density at radius 3 is 2.95 bits per heavy atom. The number of rotatable bonds is 5. The summed E-state index contributed by atoms with van der Waals surface area (Å²) in [6.07, 6.45) is 7.85. The first-order chi connectivity index (χ1) is 9.74. The van der Waals surface area contributed by atoms with E-state index in [1.54, 1.807) is 10.9 Å². The molecule has 110 valence electrons. The first-order valence-corrected chi connectivity index (χ1v) is 8.14. The number of halogens is 1. The van der Waals surface area contributed by atoms with Crippen LogP contribution in [0, 0.1) is 5.92 Å². The molecular formula is C14H20BrN3O2. The van der Waals surface area contributed by atoms with Crippen molar-refractivity contribution >= 4 is 21.6 Å². The first kappa shape index (κ1) is 14.1. The number of nitrogens with zero attached hydrogens (tertiary/aromatic N) is 2. The minimum atomic E-state index is -0.0496. The predicted molar refractivity (Wildman–Crippen MR) is 81.0 cm³/mol. The van der Waals surface area contributed by atoms with E-state index in [1.165, 1.54) is 19.3 Å². The average molecular weight is 342 g/mol. The zero-order valence-corrected chi connectivity index (χ0v) is 13.1. The van der Waals surface area contributed by atoms with E-state index in [4.69, 9.17) is 4.74 Å². The van der Waals surface area contributed by atoms with Crippen molar-refractivity contribution in [2.24, 2.45) is 5.92 Å². The van der Waals surface area contributed by atoms with Gasteiger partial charge in [-0.1, -0.05) is 0 Å². The van der Waals surface area contributed by atoms with Gasteiger partial charge in [-0.15, -0.1) is 0 Å². The Morgan fingerprint density at radius 1 is 1.40 bits per heavy atom. The lowest BCUT2D eigenvalue weighted by atomic mass is 10.1. The van der Waals surface area contributed by atoms with Gasteiger partial charge in [0.2, 0.25) is 0 Å². The van der Waals surface area contributed by atoms with Crippen LogP contribution in [0.4, 0.5) is 5.69 Å². The second kappa shape index (κ2) is 6.26. The van der Waals surface area contributed by atoms with Gasteiger partial charge in [0.25, 0.3) is 5.56 Å². The Morgan fingerprint density at radius 2 is 2.25 bits per heavy atom. The van der Waals surface area contributed by atoms with Gasteiger partial charge in [-0.25, -0.2) is 4.68 Å². The van der Waals surface area contributed by atoms with Gasteiger partial charge in [-0.2, -0.15) is 5.10 Å². The fourth-order valence-corrected chi connectivity index (χ4v) is 2.90. The normalized spacial score (nSPS) is 22.8. The van der Waals surface area contributed by atoms with Gasteiger partial charge in [0.15, 0.2) is 0 Å². The van der Waals surface area contributed by atoms with Crippen LogP contribution in [-0.4, -0.2) is 29.0 Å². The molecule has 1 aliphatic heterocycles. The van der Waals surface area contributed by atoms with Crippen LogP contribution < -0.4 is 10.9 Å². The van der Waals surface area contributed by atoms with Crippen molar-refractivity contribution < 1.29 is 4.74 Å². The third-order valence-electron chi connectivity index (χ3n) is 3.91. The van der Waals surface area contributed by atoms with Gasteiger partial charge in [-0.3, -0.25) is 4.79 Å². The summed E-state index contributed by atoms with van der Waals surface area (Å²) < 4.78 is 7.81. The number of hydrogen-bond acceptors (Lipinski definition) is 4. The number of anilines is 1. The van der Waals surface area contributed by atoms with Crippen molar-refractivity contribution in [3.8, 4) is 0 Å². The van der Waals surface area contributed by atoms with E-state index in [-0.39, 0.29) is 11.7 Å². The maximum Gasteiger partial charge on any atom is 0.283 e. The molecular weight excluding hydrogens is 322 g/mol. The molecule has 0 amide bonds. The number of aromatic nitrogens is 2. The highest BCUT2D eigenvalue weighted by atomic mass is 79.9. The summed E-state index contributed by atoms with van der Waals surface area (Å²) in [5, 5.41) is 7.53. The van der Waals surface area contributed by atoms with E-state index < -0.39 is 0 Å². The highest BCUT2D eigenvalue weighted by Crippen LogP contribution is 2.30. The minimum absolute atomic E-state index is 0.0496. The fourth-order valence-electron chi connectivity index (χ4n) is 2.46. The molecule has 1 N–H and O–H groups in total. The van der Waals surface area contributed by atoms with Gasteiger partial charge >= 0.3 is 0 Å². The molecule has 2 aliphatic rings. The third kappa shape index (κ3) is 3.41. The monoisotopic (exact) mass is 341 g/mol. The quantitative estimate of drug-likeness (QED) is 0.893. The molecule has 1 aromatic rings. The molecule has 1 aliphatic carbocycles. The van der Waals surface area contributed by atoms with E-state index in [1.807, 2.05) is 0 Å². The zero-order chi connectivity index (χ0) is 13.9. The van der Waals surface area contributed by atoms with E-state index >= 15 is 0 Å². The predicted octanol–water partition coefficient (Wildman–Crippen LogP) is 2.40. The molecule has 1 atom stereocenters. The van der Waals surface area contributed by atoms with Gasteiger partial charge in [-0.05, 0) is 54.0 Å². The summed E-state index contributed by atoms with van der Waals surface area (Å²) in [5.74, 6) is 0.640. The Hall–Kier alpha value is -0.880. The molecule has 2 fully saturated rings. The molecule has 5 nitrogen and oxygen atoms in total. The molecule has 6 heteroatoms. The number of ether oxygens (including phenoxy) is 1. The molecule has 3 rings (SSSR count). The van der Waals surface area contributed by atoms with Crippen LogP contribution in [-0.2, 0) is 11.3 Å². The van der Waals surface area contributed by atoms with Crippen LogP contribution in [0.5, 0.6) is 0 Å². The van der Waals surface area contributed by atoms with Crippen LogP contribution in [0.3, 0.4) is 0 Å². The highest BCUT2D eigenvalue weighted by Gasteiger charge is 2.23. The maximum atomic E-state index is 12.2. The Balaban J connectivity index is 1.63. The van der Waals surface area contributed by atoms with Crippen LogP contribution in [0.1, 0.15) is 32.1 Å². The van der Waals surface area contributed by atoms with Crippen LogP contribution >= 0.6 is 15.9 Å². The van der Waals surface area contributed by atoms with Crippen molar-refractivity contribution in [3.05, 3.63) is 21.0 Å². The van der Waals surface area contributed by atoms with Crippen molar-refractivity contribution in [3.63, 3.8) is 0 Å². The number of nitrogens with one attached hydrogen (secondary N) is 1. The molecule has 1 aromatic heterocycles. The molecule has 1 saturated carbocycles. The molecule has 0 spiro atoms. The Kier molecular flexibility index (Phi) is 4.41. The van der Waals surface area contributed by atoms with Gasteiger partial charge in [0.05, 0.1) is 18.0 Å². The second-order valence-electron chi connectivity index (χ2n) is 5.67. The summed E-state index contributed by atoms with van der Waals surface area (Å²) in [6.45, 7) is 2.31. The topological polar surface area (TPSA) is 56.1 Å². The van der Waals surface area contributed by atoms with Gasteiger partial charge in [0, 0.05) is 19.7 Å². The van der Waals surface area contributed by atoms with E-state index in [0.717, 1.165) is 38.2 Å². The fraction of sp³-hybridized carbons (Fsp3) is 0.714. The maximum absolute atomic E-state index is 12.2. The van der Waals surface area contributed by atoms with E-state index in [9.17, 15) is 4.79 Å². The second-order valence-corrected chi connectivity index (χ2v) is 6.47. The smallest absolute Gasteiger partial charge is 0.283 e. The van der Waals surface area contributed by atoms with Crippen molar-refractivity contribution in [1.29, 1.82) is 0 Å². The van der Waals surface area contributed by atoms with Crippen LogP contribution in [0.25, 0.3) is 0 Å². The number of hydrogen-bond donors (Lipinski definition) is 1.